The second-order valence-corrected chi connectivity index (χ2v) is 4.14. The van der Waals surface area contributed by atoms with Crippen molar-refractivity contribution in [2.75, 3.05) is 14.2 Å². The summed E-state index contributed by atoms with van der Waals surface area (Å²) in [6.45, 7) is 0.164. The van der Waals surface area contributed by atoms with Gasteiger partial charge in [-0.1, -0.05) is 17.2 Å². The maximum atomic E-state index is 11.4. The van der Waals surface area contributed by atoms with Gasteiger partial charge in [-0.2, -0.15) is 0 Å². The van der Waals surface area contributed by atoms with Gasteiger partial charge >= 0.3 is 11.8 Å². The predicted molar refractivity (Wildman–Crippen MR) is 72.3 cm³/mol. The molecule has 1 aromatic heterocycles. The van der Waals surface area contributed by atoms with Gasteiger partial charge in [-0.3, -0.25) is 0 Å². The highest BCUT2D eigenvalue weighted by atomic mass is 16.6. The molecule has 0 aliphatic rings. The maximum Gasteiger partial charge on any atom is 0.360 e. The molecule has 0 saturated carbocycles. The summed E-state index contributed by atoms with van der Waals surface area (Å²) >= 11 is 0. The summed E-state index contributed by atoms with van der Waals surface area (Å²) in [4.78, 5) is 21.8. The van der Waals surface area contributed by atoms with E-state index in [1.54, 1.807) is 31.4 Å². The quantitative estimate of drug-likeness (QED) is 0.472. The summed E-state index contributed by atoms with van der Waals surface area (Å²) in [7, 11) is 2.74. The molecule has 1 aromatic carbocycles. The molecular formula is C13H13N3O5. The molecule has 2 rings (SSSR count). The van der Waals surface area contributed by atoms with Crippen molar-refractivity contribution < 1.29 is 19.2 Å². The lowest BCUT2D eigenvalue weighted by atomic mass is 10.2. The number of hydrogen-bond acceptors (Lipinski definition) is 6. The smallest absolute Gasteiger partial charge is 0.360 e. The van der Waals surface area contributed by atoms with Crippen LogP contribution in [0.4, 0.5) is 5.82 Å². The van der Waals surface area contributed by atoms with Gasteiger partial charge in [-0.05, 0) is 22.6 Å². The average Bonchev–Trinajstić information content (AvgIpc) is 2.91. The zero-order chi connectivity index (χ0) is 15.4. The molecule has 2 aromatic rings. The fourth-order valence-corrected chi connectivity index (χ4v) is 1.78. The molecule has 0 fully saturated rings. The molecule has 8 heteroatoms. The normalized spacial score (nSPS) is 10.2. The number of aromatic nitrogens is 2. The number of carbonyl (C=O) groups is 1. The number of nitro groups is 1. The summed E-state index contributed by atoms with van der Waals surface area (Å²) in [5.41, 5.74) is 0.691. The largest absolute Gasteiger partial charge is 0.497 e. The highest BCUT2D eigenvalue weighted by Gasteiger charge is 2.23. The molecule has 0 bridgehead atoms. The minimum Gasteiger partial charge on any atom is -0.497 e. The van der Waals surface area contributed by atoms with Crippen LogP contribution in [0.3, 0.4) is 0 Å². The number of benzene rings is 1. The van der Waals surface area contributed by atoms with E-state index in [9.17, 15) is 14.9 Å². The summed E-state index contributed by atoms with van der Waals surface area (Å²) < 4.78 is 10.7. The highest BCUT2D eigenvalue weighted by molar-refractivity contribution is 5.87. The van der Waals surface area contributed by atoms with E-state index >= 15 is 0 Å². The third kappa shape index (κ3) is 3.16. The van der Waals surface area contributed by atoms with E-state index in [0.717, 1.165) is 16.3 Å². The van der Waals surface area contributed by atoms with E-state index in [2.05, 4.69) is 9.84 Å². The van der Waals surface area contributed by atoms with Crippen molar-refractivity contribution in [2.24, 2.45) is 0 Å². The van der Waals surface area contributed by atoms with Crippen LogP contribution in [0.15, 0.2) is 30.3 Å². The van der Waals surface area contributed by atoms with Crippen molar-refractivity contribution in [1.29, 1.82) is 0 Å². The Morgan fingerprint density at radius 2 is 2.00 bits per heavy atom. The van der Waals surface area contributed by atoms with E-state index in [1.165, 1.54) is 7.11 Å². The van der Waals surface area contributed by atoms with Crippen molar-refractivity contribution in [1.82, 2.24) is 9.78 Å². The zero-order valence-electron chi connectivity index (χ0n) is 11.5. The van der Waals surface area contributed by atoms with Crippen LogP contribution in [-0.4, -0.2) is 34.9 Å². The van der Waals surface area contributed by atoms with Crippen molar-refractivity contribution in [2.45, 2.75) is 6.54 Å². The van der Waals surface area contributed by atoms with Crippen molar-refractivity contribution >= 4 is 11.8 Å². The minimum absolute atomic E-state index is 0.0993. The van der Waals surface area contributed by atoms with Gasteiger partial charge in [0.15, 0.2) is 5.69 Å². The van der Waals surface area contributed by atoms with Gasteiger partial charge in [0.25, 0.3) is 0 Å². The van der Waals surface area contributed by atoms with Crippen molar-refractivity contribution in [3.05, 3.63) is 51.7 Å². The molecular weight excluding hydrogens is 278 g/mol. The summed E-state index contributed by atoms with van der Waals surface area (Å²) in [6.07, 6.45) is 0. The van der Waals surface area contributed by atoms with Crippen LogP contribution in [0.5, 0.6) is 5.75 Å². The standard InChI is InChI=1S/C13H13N3O5/c1-20-10-5-3-9(4-6-10)8-15-12(16(18)19)7-11(14-15)13(17)21-2/h3-7H,8H2,1-2H3. The fraction of sp³-hybridized carbons (Fsp3) is 0.231. The van der Waals surface area contributed by atoms with E-state index in [0.29, 0.717) is 5.75 Å². The third-order valence-corrected chi connectivity index (χ3v) is 2.83. The Morgan fingerprint density at radius 1 is 1.33 bits per heavy atom. The topological polar surface area (TPSA) is 96.5 Å². The highest BCUT2D eigenvalue weighted by Crippen LogP contribution is 2.18. The van der Waals surface area contributed by atoms with Gasteiger partial charge in [0.2, 0.25) is 0 Å². The molecule has 110 valence electrons. The molecule has 0 spiro atoms. The van der Waals surface area contributed by atoms with Crippen LogP contribution < -0.4 is 4.74 Å². The fourth-order valence-electron chi connectivity index (χ4n) is 1.78. The average molecular weight is 291 g/mol. The van der Waals surface area contributed by atoms with Crippen molar-refractivity contribution in [3.63, 3.8) is 0 Å². The van der Waals surface area contributed by atoms with Crippen LogP contribution in [0.1, 0.15) is 16.1 Å². The molecule has 0 atom stereocenters. The first-order valence-corrected chi connectivity index (χ1v) is 5.98. The Labute approximate surface area is 120 Å². The van der Waals surface area contributed by atoms with E-state index in [1.807, 2.05) is 0 Å². The van der Waals surface area contributed by atoms with Crippen LogP contribution >= 0.6 is 0 Å². The Hall–Kier alpha value is -2.90. The molecule has 8 nitrogen and oxygen atoms in total. The minimum atomic E-state index is -0.716. The third-order valence-electron chi connectivity index (χ3n) is 2.83. The SMILES string of the molecule is COC(=O)c1cc([N+](=O)[O-])n(Cc2ccc(OC)cc2)n1. The number of hydrogen-bond donors (Lipinski definition) is 0. The van der Waals surface area contributed by atoms with E-state index < -0.39 is 10.9 Å². The van der Waals surface area contributed by atoms with Gasteiger partial charge in [-0.15, -0.1) is 4.68 Å². The molecule has 0 unspecified atom stereocenters. The van der Waals surface area contributed by atoms with Crippen LogP contribution in [-0.2, 0) is 11.3 Å². The zero-order valence-corrected chi connectivity index (χ0v) is 11.5. The predicted octanol–water partition coefficient (Wildman–Crippen LogP) is 1.63. The monoisotopic (exact) mass is 291 g/mol. The molecule has 0 amide bonds. The summed E-state index contributed by atoms with van der Waals surface area (Å²) in [5.74, 6) is -0.304. The Kier molecular flexibility index (Phi) is 4.17. The maximum absolute atomic E-state index is 11.4. The molecule has 0 saturated heterocycles. The Bertz CT molecular complexity index is 663. The second kappa shape index (κ2) is 6.04. The molecule has 21 heavy (non-hydrogen) atoms. The lowest BCUT2D eigenvalue weighted by Gasteiger charge is -2.02. The number of nitrogens with zero attached hydrogens (tertiary/aromatic N) is 3. The second-order valence-electron chi connectivity index (χ2n) is 4.14. The van der Waals surface area contributed by atoms with E-state index in [-0.39, 0.29) is 18.1 Å². The molecule has 0 radical (unpaired) electrons. The molecule has 0 N–H and O–H groups in total. The van der Waals surface area contributed by atoms with Crippen molar-refractivity contribution in [3.8, 4) is 5.75 Å². The summed E-state index contributed by atoms with van der Waals surface area (Å²) in [5, 5.41) is 14.9. The van der Waals surface area contributed by atoms with Gasteiger partial charge in [0, 0.05) is 0 Å². The van der Waals surface area contributed by atoms with Crippen LogP contribution in [0.25, 0.3) is 0 Å². The lowest BCUT2D eigenvalue weighted by molar-refractivity contribution is -0.392. The summed E-state index contributed by atoms with van der Waals surface area (Å²) in [6, 6.07) is 8.11. The number of carbonyl (C=O) groups excluding carboxylic acids is 1. The Balaban J connectivity index is 2.30. The lowest BCUT2D eigenvalue weighted by Crippen LogP contribution is -2.08. The van der Waals surface area contributed by atoms with E-state index in [4.69, 9.17) is 4.74 Å². The van der Waals surface area contributed by atoms with Gasteiger partial charge in [0.1, 0.15) is 12.3 Å². The first-order valence-electron chi connectivity index (χ1n) is 5.98. The van der Waals surface area contributed by atoms with Crippen LogP contribution in [0.2, 0.25) is 0 Å². The number of rotatable bonds is 5. The first kappa shape index (κ1) is 14.5. The van der Waals surface area contributed by atoms with Gasteiger partial charge < -0.3 is 19.6 Å². The molecule has 1 heterocycles. The van der Waals surface area contributed by atoms with Gasteiger partial charge in [-0.25, -0.2) is 4.79 Å². The number of methoxy groups -OCH3 is 2. The Morgan fingerprint density at radius 3 is 2.52 bits per heavy atom. The molecule has 0 aliphatic heterocycles. The number of ether oxygens (including phenoxy) is 2. The first-order chi connectivity index (χ1) is 10.0. The van der Waals surface area contributed by atoms with Crippen LogP contribution in [0, 0.1) is 10.1 Å². The molecule has 0 aliphatic carbocycles. The van der Waals surface area contributed by atoms with Gasteiger partial charge in [0.05, 0.1) is 20.3 Å². The number of esters is 1.